The number of nitrogens with zero attached hydrogens (tertiary/aromatic N) is 4. The van der Waals surface area contributed by atoms with E-state index < -0.39 is 70.4 Å². The number of nitrogens with one attached hydrogen (secondary N) is 1. The number of amides is 1. The highest BCUT2D eigenvalue weighted by Gasteiger charge is 2.37. The maximum Gasteiger partial charge on any atom is 0.284 e. The van der Waals surface area contributed by atoms with Crippen molar-refractivity contribution >= 4 is 74.3 Å². The van der Waals surface area contributed by atoms with E-state index >= 15 is 4.39 Å². The smallest absolute Gasteiger partial charge is 0.284 e. The van der Waals surface area contributed by atoms with Crippen molar-refractivity contribution in [3.05, 3.63) is 76.0 Å². The fraction of sp³-hybridized carbons (Fsp3) is 0.269. The molecule has 0 unspecified atom stereocenters. The molecule has 0 radical (unpaired) electrons. The van der Waals surface area contributed by atoms with Crippen LogP contribution in [0.3, 0.4) is 0 Å². The summed E-state index contributed by atoms with van der Waals surface area (Å²) in [5.74, 6) is -5.80. The van der Waals surface area contributed by atoms with Crippen LogP contribution in [0, 0.1) is 18.6 Å². The summed E-state index contributed by atoms with van der Waals surface area (Å²) < 4.78 is 109. The van der Waals surface area contributed by atoms with Gasteiger partial charge in [0.1, 0.15) is 21.7 Å². The predicted molar refractivity (Wildman–Crippen MR) is 164 cm³/mol. The SMILES string of the molecule is CCCS(=O)(=O)N(c1ccc(F)c(C(=O)Nc2cnc3c(c2)c(Br)nn3S(=O)(=O)c2ccc(C)cc2)c1F)S(=O)(=O)CCC. The Bertz CT molecular complexity index is 2050. The zero-order valence-corrected chi connectivity index (χ0v) is 27.5. The number of hydrogen-bond acceptors (Lipinski definition) is 9. The minimum absolute atomic E-state index is 0.00454. The van der Waals surface area contributed by atoms with Gasteiger partial charge in [-0.2, -0.15) is 12.1 Å². The van der Waals surface area contributed by atoms with Crippen LogP contribution < -0.4 is 9.03 Å². The van der Waals surface area contributed by atoms with E-state index in [1.165, 1.54) is 32.0 Å². The summed E-state index contributed by atoms with van der Waals surface area (Å²) in [5, 5.41) is 6.36. The second kappa shape index (κ2) is 12.5. The number of pyridine rings is 1. The highest BCUT2D eigenvalue weighted by molar-refractivity contribution is 9.10. The number of carbonyl (C=O) groups is 1. The Morgan fingerprint density at radius 2 is 1.55 bits per heavy atom. The zero-order chi connectivity index (χ0) is 32.6. The average molecular weight is 735 g/mol. The van der Waals surface area contributed by atoms with Crippen LogP contribution >= 0.6 is 15.9 Å². The number of rotatable bonds is 11. The third-order valence-corrected chi connectivity index (χ3v) is 13.0. The van der Waals surface area contributed by atoms with Crippen molar-refractivity contribution in [2.45, 2.75) is 38.5 Å². The molecule has 44 heavy (non-hydrogen) atoms. The number of benzene rings is 2. The summed E-state index contributed by atoms with van der Waals surface area (Å²) in [5.41, 5.74) is -1.69. The van der Waals surface area contributed by atoms with Gasteiger partial charge in [0.05, 0.1) is 33.7 Å². The summed E-state index contributed by atoms with van der Waals surface area (Å²) >= 11 is 3.16. The lowest BCUT2D eigenvalue weighted by Gasteiger charge is -2.24. The molecule has 12 nitrogen and oxygen atoms in total. The summed E-state index contributed by atoms with van der Waals surface area (Å²) in [6, 6.07) is 8.50. The summed E-state index contributed by atoms with van der Waals surface area (Å²) in [6.07, 6.45) is 1.04. The third kappa shape index (κ3) is 6.33. The largest absolute Gasteiger partial charge is 0.320 e. The molecule has 0 fully saturated rings. The van der Waals surface area contributed by atoms with Crippen molar-refractivity contribution < 1.29 is 38.8 Å². The van der Waals surface area contributed by atoms with E-state index in [0.29, 0.717) is 16.2 Å². The third-order valence-electron chi connectivity index (χ3n) is 6.18. The molecule has 0 saturated carbocycles. The number of aryl methyl sites for hydroxylation is 1. The van der Waals surface area contributed by atoms with Crippen molar-refractivity contribution in [3.8, 4) is 0 Å². The number of sulfonamides is 2. The molecule has 1 N–H and O–H groups in total. The van der Waals surface area contributed by atoms with Gasteiger partial charge in [-0.15, -0.1) is 9.19 Å². The van der Waals surface area contributed by atoms with Crippen LogP contribution in [0.4, 0.5) is 20.2 Å². The van der Waals surface area contributed by atoms with E-state index in [4.69, 9.17) is 0 Å². The van der Waals surface area contributed by atoms with Crippen LogP contribution in [0.15, 0.2) is 58.2 Å². The molecule has 0 aliphatic rings. The minimum atomic E-state index is -4.63. The molecule has 0 aliphatic heterocycles. The van der Waals surface area contributed by atoms with Crippen LogP contribution in [0.5, 0.6) is 0 Å². The second-order valence-corrected chi connectivity index (χ2v) is 16.2. The Morgan fingerprint density at radius 3 is 2.11 bits per heavy atom. The molecule has 0 spiro atoms. The van der Waals surface area contributed by atoms with Gasteiger partial charge >= 0.3 is 0 Å². The molecule has 0 aliphatic carbocycles. The Kier molecular flexibility index (Phi) is 9.48. The number of hydrogen-bond donors (Lipinski definition) is 1. The van der Waals surface area contributed by atoms with E-state index in [1.807, 2.05) is 0 Å². The molecule has 18 heteroatoms. The fourth-order valence-corrected chi connectivity index (χ4v) is 10.1. The Morgan fingerprint density at radius 1 is 0.955 bits per heavy atom. The van der Waals surface area contributed by atoms with Gasteiger partial charge in [-0.25, -0.2) is 30.6 Å². The molecule has 0 saturated heterocycles. The zero-order valence-electron chi connectivity index (χ0n) is 23.5. The molecule has 0 bridgehead atoms. The van der Waals surface area contributed by atoms with Crippen LogP contribution in [0.25, 0.3) is 11.0 Å². The predicted octanol–water partition coefficient (Wildman–Crippen LogP) is 4.56. The van der Waals surface area contributed by atoms with Crippen molar-refractivity contribution in [2.24, 2.45) is 0 Å². The lowest BCUT2D eigenvalue weighted by Crippen LogP contribution is -2.40. The lowest BCUT2D eigenvalue weighted by atomic mass is 10.1. The van der Waals surface area contributed by atoms with E-state index in [2.05, 4.69) is 31.3 Å². The fourth-order valence-electron chi connectivity index (χ4n) is 4.23. The van der Waals surface area contributed by atoms with Crippen molar-refractivity contribution in [2.75, 3.05) is 20.5 Å². The van der Waals surface area contributed by atoms with E-state index in [0.717, 1.165) is 11.8 Å². The molecule has 2 heterocycles. The van der Waals surface area contributed by atoms with Gasteiger partial charge in [0.15, 0.2) is 11.5 Å². The maximum absolute atomic E-state index is 15.7. The quantitative estimate of drug-likeness (QED) is 0.233. The van der Waals surface area contributed by atoms with Crippen molar-refractivity contribution in [1.29, 1.82) is 0 Å². The van der Waals surface area contributed by atoms with Gasteiger partial charge in [-0.05, 0) is 66.0 Å². The Balaban J connectivity index is 1.75. The van der Waals surface area contributed by atoms with Crippen LogP contribution in [0.1, 0.15) is 42.6 Å². The maximum atomic E-state index is 15.7. The number of anilines is 2. The monoisotopic (exact) mass is 733 g/mol. The lowest BCUT2D eigenvalue weighted by molar-refractivity contribution is 0.101. The normalized spacial score (nSPS) is 12.4. The highest BCUT2D eigenvalue weighted by Crippen LogP contribution is 2.32. The molecular weight excluding hydrogens is 708 g/mol. The highest BCUT2D eigenvalue weighted by atomic mass is 79.9. The number of halogens is 3. The van der Waals surface area contributed by atoms with E-state index in [9.17, 15) is 34.4 Å². The van der Waals surface area contributed by atoms with Crippen LogP contribution in [-0.4, -0.2) is 56.8 Å². The van der Waals surface area contributed by atoms with Gasteiger partial charge in [0.2, 0.25) is 20.0 Å². The van der Waals surface area contributed by atoms with Crippen LogP contribution in [0.2, 0.25) is 0 Å². The van der Waals surface area contributed by atoms with Crippen LogP contribution in [-0.2, 0) is 30.1 Å². The molecule has 0 atom stereocenters. The molecule has 2 aromatic carbocycles. The molecule has 236 valence electrons. The number of aromatic nitrogens is 3. The van der Waals surface area contributed by atoms with E-state index in [1.54, 1.807) is 19.1 Å². The topological polar surface area (TPSA) is 165 Å². The first-order valence-electron chi connectivity index (χ1n) is 13.0. The first-order valence-corrected chi connectivity index (χ1v) is 18.4. The summed E-state index contributed by atoms with van der Waals surface area (Å²) in [6.45, 7) is 4.75. The molecule has 2 aromatic heterocycles. The standard InChI is InChI=1S/C26H26BrF2N5O7S3/c1-4-12-42(36,37)34(43(38,39)13-5-2)21-11-10-20(28)22(23(21)29)26(35)31-17-14-19-24(27)32-33(25(19)30-15-17)44(40,41)18-8-6-16(3)7-9-18/h6-11,14-15H,4-5,12-13H2,1-3H3,(H,31,35). The molecular formula is C26H26BrF2N5O7S3. The van der Waals surface area contributed by atoms with E-state index in [-0.39, 0.29) is 42.8 Å². The minimum Gasteiger partial charge on any atom is -0.320 e. The average Bonchev–Trinajstić information content (AvgIpc) is 3.26. The van der Waals surface area contributed by atoms with Crippen molar-refractivity contribution in [3.63, 3.8) is 0 Å². The Labute approximate surface area is 261 Å². The molecule has 4 rings (SSSR count). The molecule has 1 amide bonds. The summed E-state index contributed by atoms with van der Waals surface area (Å²) in [7, 11) is -13.4. The first-order chi connectivity index (χ1) is 20.5. The number of carbonyl (C=O) groups excluding carboxylic acids is 1. The molecule has 4 aromatic rings. The summed E-state index contributed by atoms with van der Waals surface area (Å²) in [4.78, 5) is 17.1. The van der Waals surface area contributed by atoms with Gasteiger partial charge in [-0.3, -0.25) is 4.79 Å². The van der Waals surface area contributed by atoms with Gasteiger partial charge < -0.3 is 5.32 Å². The van der Waals surface area contributed by atoms with Gasteiger partial charge in [0.25, 0.3) is 15.9 Å². The second-order valence-electron chi connectivity index (χ2n) is 9.59. The first kappa shape index (κ1) is 33.4. The van der Waals surface area contributed by atoms with Crippen molar-refractivity contribution in [1.82, 2.24) is 14.2 Å². The van der Waals surface area contributed by atoms with Gasteiger partial charge in [0, 0.05) is 0 Å². The van der Waals surface area contributed by atoms with Gasteiger partial charge in [-0.1, -0.05) is 31.5 Å². The Hall–Kier alpha value is -3.48. The number of fused-ring (bicyclic) bond motifs is 1.